The van der Waals surface area contributed by atoms with E-state index >= 15 is 0 Å². The van der Waals surface area contributed by atoms with Crippen LogP contribution in [0.1, 0.15) is 31.2 Å². The second-order valence-electron chi connectivity index (χ2n) is 5.00. The summed E-state index contributed by atoms with van der Waals surface area (Å²) < 4.78 is 13.9. The molecule has 1 nitrogen and oxygen atoms in total. The molecule has 1 aliphatic carbocycles. The summed E-state index contributed by atoms with van der Waals surface area (Å²) in [6.07, 6.45) is 4.92. The summed E-state index contributed by atoms with van der Waals surface area (Å²) in [6, 6.07) is 5.69. The van der Waals surface area contributed by atoms with Gasteiger partial charge in [-0.25, -0.2) is 4.39 Å². The molecule has 1 aromatic rings. The monoisotopic (exact) mass is 333 g/mol. The van der Waals surface area contributed by atoms with Gasteiger partial charge in [0.05, 0.1) is 5.02 Å². The molecule has 1 fully saturated rings. The number of hydrogen-bond acceptors (Lipinski definition) is 1. The Morgan fingerprint density at radius 2 is 2.11 bits per heavy atom. The molecule has 18 heavy (non-hydrogen) atoms. The predicted molar refractivity (Wildman–Crippen MR) is 77.8 cm³/mol. The van der Waals surface area contributed by atoms with Gasteiger partial charge >= 0.3 is 0 Å². The van der Waals surface area contributed by atoms with Crippen LogP contribution < -0.4 is 0 Å². The second-order valence-corrected chi connectivity index (χ2v) is 6.58. The van der Waals surface area contributed by atoms with Gasteiger partial charge in [0.2, 0.25) is 0 Å². The summed E-state index contributed by atoms with van der Waals surface area (Å²) in [6.45, 7) is 0.610. The first-order valence-electron chi connectivity index (χ1n) is 6.37. The van der Waals surface area contributed by atoms with Crippen molar-refractivity contribution in [1.82, 2.24) is 4.90 Å². The number of alkyl halides is 1. The summed E-state index contributed by atoms with van der Waals surface area (Å²) in [5.74, 6) is -0.284. The van der Waals surface area contributed by atoms with Gasteiger partial charge in [0.25, 0.3) is 0 Å². The maximum Gasteiger partial charge on any atom is 0.146 e. The van der Waals surface area contributed by atoms with Crippen LogP contribution in [0, 0.1) is 5.82 Å². The zero-order valence-corrected chi connectivity index (χ0v) is 12.8. The highest BCUT2D eigenvalue weighted by atomic mass is 79.9. The number of hydrogen-bond donors (Lipinski definition) is 0. The summed E-state index contributed by atoms with van der Waals surface area (Å²) in [5.41, 5.74) is 0.676. The smallest absolute Gasteiger partial charge is 0.146 e. The van der Waals surface area contributed by atoms with Crippen molar-refractivity contribution in [2.24, 2.45) is 0 Å². The molecule has 0 aromatic heterocycles. The lowest BCUT2D eigenvalue weighted by atomic mass is 9.94. The fraction of sp³-hybridized carbons (Fsp3) is 0.571. The Labute approximate surface area is 121 Å². The second kappa shape index (κ2) is 6.36. The average molecular weight is 335 g/mol. The Kier molecular flexibility index (Phi) is 5.05. The van der Waals surface area contributed by atoms with Crippen molar-refractivity contribution < 1.29 is 4.39 Å². The van der Waals surface area contributed by atoms with Crippen LogP contribution in [0.25, 0.3) is 0 Å². The molecule has 1 saturated carbocycles. The Morgan fingerprint density at radius 3 is 2.83 bits per heavy atom. The van der Waals surface area contributed by atoms with Crippen molar-refractivity contribution >= 4 is 27.5 Å². The zero-order chi connectivity index (χ0) is 13.1. The molecule has 0 N–H and O–H groups in total. The van der Waals surface area contributed by atoms with Gasteiger partial charge < -0.3 is 0 Å². The van der Waals surface area contributed by atoms with E-state index in [-0.39, 0.29) is 10.8 Å². The van der Waals surface area contributed by atoms with E-state index in [4.69, 9.17) is 11.6 Å². The first kappa shape index (κ1) is 14.3. The summed E-state index contributed by atoms with van der Waals surface area (Å²) in [5, 5.41) is 0.208. The fourth-order valence-corrected chi connectivity index (χ4v) is 3.80. The van der Waals surface area contributed by atoms with Crippen molar-refractivity contribution in [3.63, 3.8) is 0 Å². The molecule has 0 amide bonds. The number of halogens is 3. The molecule has 0 aliphatic heterocycles. The van der Waals surface area contributed by atoms with Gasteiger partial charge in [-0.05, 0) is 26.0 Å². The minimum absolute atomic E-state index is 0.208. The molecule has 1 aliphatic rings. The molecule has 1 aromatic carbocycles. The lowest BCUT2D eigenvalue weighted by molar-refractivity contribution is 0.191. The first-order valence-corrected chi connectivity index (χ1v) is 7.66. The van der Waals surface area contributed by atoms with Crippen LogP contribution >= 0.6 is 27.5 Å². The molecule has 4 heteroatoms. The van der Waals surface area contributed by atoms with Gasteiger partial charge in [-0.3, -0.25) is 4.90 Å². The highest BCUT2D eigenvalue weighted by molar-refractivity contribution is 9.09. The zero-order valence-electron chi connectivity index (χ0n) is 10.5. The lowest BCUT2D eigenvalue weighted by Crippen LogP contribution is -2.40. The molecule has 0 saturated heterocycles. The van der Waals surface area contributed by atoms with Crippen molar-refractivity contribution in [2.75, 3.05) is 7.05 Å². The van der Waals surface area contributed by atoms with E-state index in [1.807, 2.05) is 6.07 Å². The lowest BCUT2D eigenvalue weighted by Gasteiger charge is -2.35. The summed E-state index contributed by atoms with van der Waals surface area (Å²) in [7, 11) is 2.06. The van der Waals surface area contributed by atoms with Gasteiger partial charge in [-0.2, -0.15) is 0 Å². The van der Waals surface area contributed by atoms with Crippen LogP contribution in [0.2, 0.25) is 5.02 Å². The van der Waals surface area contributed by atoms with Crippen LogP contribution in [0.4, 0.5) is 4.39 Å². The minimum Gasteiger partial charge on any atom is -0.298 e. The maximum absolute atomic E-state index is 13.9. The maximum atomic E-state index is 13.9. The third kappa shape index (κ3) is 3.25. The van der Waals surface area contributed by atoms with Crippen molar-refractivity contribution in [1.29, 1.82) is 0 Å². The number of rotatable bonds is 3. The first-order chi connectivity index (χ1) is 8.59. The molecule has 2 rings (SSSR count). The van der Waals surface area contributed by atoms with Crippen molar-refractivity contribution in [2.45, 2.75) is 43.1 Å². The summed E-state index contributed by atoms with van der Waals surface area (Å²) >= 11 is 9.55. The van der Waals surface area contributed by atoms with Crippen LogP contribution in [0.3, 0.4) is 0 Å². The quantitative estimate of drug-likeness (QED) is 0.729. The Morgan fingerprint density at radius 1 is 1.39 bits per heavy atom. The molecule has 0 bridgehead atoms. The van der Waals surface area contributed by atoms with Gasteiger partial charge in [0.15, 0.2) is 0 Å². The van der Waals surface area contributed by atoms with E-state index in [2.05, 4.69) is 27.9 Å². The van der Waals surface area contributed by atoms with Crippen LogP contribution in [0.15, 0.2) is 18.2 Å². The number of nitrogens with zero attached hydrogens (tertiary/aromatic N) is 1. The van der Waals surface area contributed by atoms with E-state index in [0.29, 0.717) is 23.0 Å². The van der Waals surface area contributed by atoms with Crippen molar-refractivity contribution in [3.8, 4) is 0 Å². The Balaban J connectivity index is 2.06. The molecule has 0 spiro atoms. The standard InChI is InChI=1S/C14H18BrClFN/c1-18(13-8-3-2-6-11(13)15)9-10-5-4-7-12(16)14(10)17/h4-5,7,11,13H,2-3,6,8-9H2,1H3. The topological polar surface area (TPSA) is 3.24 Å². The van der Waals surface area contributed by atoms with Crippen molar-refractivity contribution in [3.05, 3.63) is 34.6 Å². The normalized spacial score (nSPS) is 24.5. The van der Waals surface area contributed by atoms with Crippen LogP contribution in [-0.2, 0) is 6.54 Å². The molecule has 2 atom stereocenters. The van der Waals surface area contributed by atoms with Crippen LogP contribution in [-0.4, -0.2) is 22.8 Å². The third-order valence-corrected chi connectivity index (χ3v) is 5.02. The van der Waals surface area contributed by atoms with E-state index in [0.717, 1.165) is 0 Å². The van der Waals surface area contributed by atoms with Gasteiger partial charge in [-0.15, -0.1) is 0 Å². The SMILES string of the molecule is CN(Cc1cccc(Cl)c1F)C1CCCCC1Br. The highest BCUT2D eigenvalue weighted by Crippen LogP contribution is 2.29. The predicted octanol–water partition coefficient (Wildman–Crippen LogP) is 4.62. The largest absolute Gasteiger partial charge is 0.298 e. The highest BCUT2D eigenvalue weighted by Gasteiger charge is 2.26. The molecule has 2 unspecified atom stereocenters. The summed E-state index contributed by atoms with van der Waals surface area (Å²) in [4.78, 5) is 2.74. The van der Waals surface area contributed by atoms with Crippen LogP contribution in [0.5, 0.6) is 0 Å². The van der Waals surface area contributed by atoms with Gasteiger partial charge in [-0.1, -0.05) is 52.5 Å². The molecular formula is C14H18BrClFN. The Bertz CT molecular complexity index is 413. The van der Waals surface area contributed by atoms with E-state index < -0.39 is 0 Å². The van der Waals surface area contributed by atoms with E-state index in [9.17, 15) is 4.39 Å². The fourth-order valence-electron chi connectivity index (χ4n) is 2.62. The molecule has 0 heterocycles. The minimum atomic E-state index is -0.284. The van der Waals surface area contributed by atoms with Gasteiger partial charge in [0, 0.05) is 23.0 Å². The molecule has 100 valence electrons. The Hall–Kier alpha value is -0.120. The van der Waals surface area contributed by atoms with E-state index in [1.54, 1.807) is 12.1 Å². The van der Waals surface area contributed by atoms with Gasteiger partial charge in [0.1, 0.15) is 5.82 Å². The molecular weight excluding hydrogens is 317 g/mol. The number of benzene rings is 1. The average Bonchev–Trinajstić information content (AvgIpc) is 2.35. The third-order valence-electron chi connectivity index (χ3n) is 3.66. The molecule has 0 radical (unpaired) electrons. The van der Waals surface area contributed by atoms with E-state index in [1.165, 1.54) is 25.7 Å².